The van der Waals surface area contributed by atoms with E-state index in [0.717, 1.165) is 18.4 Å². The van der Waals surface area contributed by atoms with E-state index < -0.39 is 0 Å². The van der Waals surface area contributed by atoms with Gasteiger partial charge in [-0.05, 0) is 36.5 Å². The summed E-state index contributed by atoms with van der Waals surface area (Å²) in [6.45, 7) is 0. The van der Waals surface area contributed by atoms with Crippen LogP contribution in [0, 0.1) is 5.41 Å². The van der Waals surface area contributed by atoms with Gasteiger partial charge in [-0.1, -0.05) is 24.3 Å². The van der Waals surface area contributed by atoms with E-state index >= 15 is 0 Å². The van der Waals surface area contributed by atoms with Crippen molar-refractivity contribution in [2.75, 3.05) is 0 Å². The van der Waals surface area contributed by atoms with Gasteiger partial charge in [-0.2, -0.15) is 0 Å². The number of benzene rings is 1. The Morgan fingerprint density at radius 1 is 1.29 bits per heavy atom. The molecule has 0 aromatic heterocycles. The van der Waals surface area contributed by atoms with Gasteiger partial charge in [0.15, 0.2) is 5.96 Å². The van der Waals surface area contributed by atoms with E-state index in [-0.39, 0.29) is 11.9 Å². The zero-order valence-corrected chi connectivity index (χ0v) is 9.49. The molecule has 0 heterocycles. The summed E-state index contributed by atoms with van der Waals surface area (Å²) >= 11 is 0. The molecule has 4 N–H and O–H groups in total. The van der Waals surface area contributed by atoms with Gasteiger partial charge in [0.25, 0.3) is 5.91 Å². The topological polar surface area (TPSA) is 79.0 Å². The Labute approximate surface area is 100 Å². The molecule has 88 valence electrons. The molecule has 1 aliphatic rings. The maximum Gasteiger partial charge on any atom is 0.253 e. The molecule has 0 radical (unpaired) electrons. The lowest BCUT2D eigenvalue weighted by Gasteiger charge is -2.05. The molecule has 1 aromatic rings. The summed E-state index contributed by atoms with van der Waals surface area (Å²) in [5, 5.41) is 9.39. The van der Waals surface area contributed by atoms with Gasteiger partial charge in [0, 0.05) is 5.57 Å². The molecule has 0 fully saturated rings. The fourth-order valence-electron chi connectivity index (χ4n) is 2.01. The van der Waals surface area contributed by atoms with Crippen LogP contribution in [-0.4, -0.2) is 11.9 Å². The van der Waals surface area contributed by atoms with Gasteiger partial charge in [-0.3, -0.25) is 15.5 Å². The fraction of sp³-hybridized carbons (Fsp3) is 0.231. The fourth-order valence-corrected chi connectivity index (χ4v) is 2.01. The number of fused-ring (bicyclic) bond motifs is 1. The van der Waals surface area contributed by atoms with Crippen molar-refractivity contribution in [1.29, 1.82) is 5.41 Å². The minimum Gasteiger partial charge on any atom is -0.370 e. The summed E-state index contributed by atoms with van der Waals surface area (Å²) in [5.74, 6) is -0.581. The van der Waals surface area contributed by atoms with Crippen molar-refractivity contribution in [2.45, 2.75) is 19.3 Å². The van der Waals surface area contributed by atoms with E-state index in [1.54, 1.807) is 0 Å². The largest absolute Gasteiger partial charge is 0.370 e. The molecule has 0 atom stereocenters. The van der Waals surface area contributed by atoms with Crippen molar-refractivity contribution in [3.8, 4) is 0 Å². The van der Waals surface area contributed by atoms with Gasteiger partial charge in [0.1, 0.15) is 0 Å². The standard InChI is InChI=1S/C13H15N3O/c14-13(15)16-12(17)11-7-3-6-9-4-1-2-5-10(9)8-11/h1-2,4-5,8H,3,6-7H2,(H4,14,15,16,17). The van der Waals surface area contributed by atoms with Crippen LogP contribution >= 0.6 is 0 Å². The molecule has 2 rings (SSSR count). The third-order valence-corrected chi connectivity index (χ3v) is 2.82. The number of carbonyl (C=O) groups is 1. The molecule has 0 aliphatic heterocycles. The zero-order chi connectivity index (χ0) is 12.3. The second-order valence-corrected chi connectivity index (χ2v) is 4.09. The summed E-state index contributed by atoms with van der Waals surface area (Å²) in [5.41, 5.74) is 8.19. The first-order valence-corrected chi connectivity index (χ1v) is 5.60. The van der Waals surface area contributed by atoms with Crippen LogP contribution in [0.15, 0.2) is 29.8 Å². The zero-order valence-electron chi connectivity index (χ0n) is 9.49. The van der Waals surface area contributed by atoms with Gasteiger partial charge >= 0.3 is 0 Å². The van der Waals surface area contributed by atoms with Crippen molar-refractivity contribution in [3.63, 3.8) is 0 Å². The molecule has 0 saturated heterocycles. The van der Waals surface area contributed by atoms with Gasteiger partial charge in [0.2, 0.25) is 0 Å². The number of amides is 1. The molecule has 4 nitrogen and oxygen atoms in total. The number of rotatable bonds is 1. The smallest absolute Gasteiger partial charge is 0.253 e. The predicted molar refractivity (Wildman–Crippen MR) is 67.4 cm³/mol. The molecule has 1 aromatic carbocycles. The normalized spacial score (nSPS) is 14.2. The third-order valence-electron chi connectivity index (χ3n) is 2.82. The van der Waals surface area contributed by atoms with Crippen LogP contribution in [0.3, 0.4) is 0 Å². The van der Waals surface area contributed by atoms with Crippen molar-refractivity contribution in [3.05, 3.63) is 41.0 Å². The number of hydrogen-bond donors (Lipinski definition) is 3. The molecule has 17 heavy (non-hydrogen) atoms. The molecule has 0 saturated carbocycles. The second kappa shape index (κ2) is 4.82. The summed E-state index contributed by atoms with van der Waals surface area (Å²) in [7, 11) is 0. The highest BCUT2D eigenvalue weighted by Crippen LogP contribution is 2.22. The van der Waals surface area contributed by atoms with Gasteiger partial charge in [-0.15, -0.1) is 0 Å². The van der Waals surface area contributed by atoms with Crippen LogP contribution in [0.1, 0.15) is 24.0 Å². The number of carbonyl (C=O) groups excluding carboxylic acids is 1. The predicted octanol–water partition coefficient (Wildman–Crippen LogP) is 1.42. The van der Waals surface area contributed by atoms with E-state index in [0.29, 0.717) is 12.0 Å². The van der Waals surface area contributed by atoms with E-state index in [2.05, 4.69) is 11.4 Å². The van der Waals surface area contributed by atoms with Gasteiger partial charge in [0.05, 0.1) is 0 Å². The van der Waals surface area contributed by atoms with E-state index in [1.165, 1.54) is 5.56 Å². The van der Waals surface area contributed by atoms with Crippen molar-refractivity contribution in [1.82, 2.24) is 5.32 Å². The van der Waals surface area contributed by atoms with Crippen molar-refractivity contribution in [2.24, 2.45) is 5.73 Å². The average molecular weight is 229 g/mol. The first kappa shape index (κ1) is 11.4. The quantitative estimate of drug-likeness (QED) is 0.503. The monoisotopic (exact) mass is 229 g/mol. The van der Waals surface area contributed by atoms with Gasteiger partial charge in [-0.25, -0.2) is 0 Å². The minimum atomic E-state index is -0.312. The van der Waals surface area contributed by atoms with E-state index in [1.807, 2.05) is 24.3 Å². The molecular weight excluding hydrogens is 214 g/mol. The van der Waals surface area contributed by atoms with Crippen LogP contribution in [0.2, 0.25) is 0 Å². The van der Waals surface area contributed by atoms with Crippen LogP contribution < -0.4 is 11.1 Å². The van der Waals surface area contributed by atoms with Crippen LogP contribution in [0.5, 0.6) is 0 Å². The van der Waals surface area contributed by atoms with Crippen LogP contribution in [0.4, 0.5) is 0 Å². The molecule has 0 unspecified atom stereocenters. The van der Waals surface area contributed by atoms with Crippen LogP contribution in [0.25, 0.3) is 6.08 Å². The third kappa shape index (κ3) is 2.72. The molecular formula is C13H15N3O. The Kier molecular flexibility index (Phi) is 3.23. The summed E-state index contributed by atoms with van der Waals surface area (Å²) < 4.78 is 0. The first-order chi connectivity index (χ1) is 8.16. The molecule has 0 spiro atoms. The lowest BCUT2D eigenvalue weighted by molar-refractivity contribution is -0.116. The maximum atomic E-state index is 11.8. The number of aryl methyl sites for hydroxylation is 1. The SMILES string of the molecule is N=C(N)NC(=O)C1=Cc2ccccc2CCC1. The number of guanidine groups is 1. The van der Waals surface area contributed by atoms with E-state index in [9.17, 15) is 4.79 Å². The Balaban J connectivity index is 2.28. The van der Waals surface area contributed by atoms with E-state index in [4.69, 9.17) is 11.1 Å². The highest BCUT2D eigenvalue weighted by atomic mass is 16.1. The van der Waals surface area contributed by atoms with Crippen LogP contribution in [-0.2, 0) is 11.2 Å². The first-order valence-electron chi connectivity index (χ1n) is 5.60. The Morgan fingerprint density at radius 2 is 2.06 bits per heavy atom. The lowest BCUT2D eigenvalue weighted by atomic mass is 10.1. The molecule has 4 heteroatoms. The Morgan fingerprint density at radius 3 is 2.82 bits per heavy atom. The van der Waals surface area contributed by atoms with Crippen molar-refractivity contribution < 1.29 is 4.79 Å². The summed E-state index contributed by atoms with van der Waals surface area (Å²) in [6, 6.07) is 8.05. The molecule has 1 aliphatic carbocycles. The highest BCUT2D eigenvalue weighted by molar-refractivity contribution is 6.06. The Hall–Kier alpha value is -2.10. The molecule has 1 amide bonds. The van der Waals surface area contributed by atoms with Crippen molar-refractivity contribution >= 4 is 17.9 Å². The average Bonchev–Trinajstić information content (AvgIpc) is 2.49. The number of nitrogens with one attached hydrogen (secondary N) is 2. The van der Waals surface area contributed by atoms with Gasteiger partial charge < -0.3 is 5.73 Å². The molecule has 0 bridgehead atoms. The number of nitrogens with two attached hydrogens (primary N) is 1. The summed E-state index contributed by atoms with van der Waals surface area (Å²) in [6.07, 6.45) is 4.52. The summed E-state index contributed by atoms with van der Waals surface area (Å²) in [4.78, 5) is 11.8. The Bertz CT molecular complexity index is 491. The second-order valence-electron chi connectivity index (χ2n) is 4.09. The highest BCUT2D eigenvalue weighted by Gasteiger charge is 2.14. The maximum absolute atomic E-state index is 11.8. The number of hydrogen-bond acceptors (Lipinski definition) is 2. The lowest BCUT2D eigenvalue weighted by Crippen LogP contribution is -2.36. The minimum absolute atomic E-state index is 0.269.